The minimum absolute atomic E-state index is 0.0430. The highest BCUT2D eigenvalue weighted by molar-refractivity contribution is 5.79. The van der Waals surface area contributed by atoms with E-state index in [0.717, 1.165) is 24.8 Å². The Morgan fingerprint density at radius 1 is 1.35 bits per heavy atom. The maximum atomic E-state index is 5.89. The summed E-state index contributed by atoms with van der Waals surface area (Å²) in [7, 11) is 1.76. The van der Waals surface area contributed by atoms with Crippen molar-refractivity contribution in [2.24, 2.45) is 4.99 Å². The molecule has 2 rings (SSSR count). The first kappa shape index (κ1) is 16.9. The van der Waals surface area contributed by atoms with Crippen molar-refractivity contribution >= 4 is 5.96 Å². The number of aliphatic imine (C=N–C) groups is 1. The van der Waals surface area contributed by atoms with Gasteiger partial charge in [0.1, 0.15) is 11.9 Å². The molecule has 6 nitrogen and oxygen atoms in total. The fourth-order valence-electron chi connectivity index (χ4n) is 2.15. The maximum absolute atomic E-state index is 5.89. The number of rotatable bonds is 7. The highest BCUT2D eigenvalue weighted by Crippen LogP contribution is 2.13. The molecule has 0 aliphatic carbocycles. The summed E-state index contributed by atoms with van der Waals surface area (Å²) in [5, 5.41) is 10.7. The maximum Gasteiger partial charge on any atom is 0.191 e. The largest absolute Gasteiger partial charge is 0.489 e. The van der Waals surface area contributed by atoms with Gasteiger partial charge >= 0.3 is 0 Å². The molecular formula is C17H25N5O. The summed E-state index contributed by atoms with van der Waals surface area (Å²) in [5.41, 5.74) is 1.19. The van der Waals surface area contributed by atoms with Crippen molar-refractivity contribution in [3.8, 4) is 5.75 Å². The van der Waals surface area contributed by atoms with Gasteiger partial charge in [0.2, 0.25) is 0 Å². The van der Waals surface area contributed by atoms with Gasteiger partial charge in [-0.05, 0) is 37.6 Å². The summed E-state index contributed by atoms with van der Waals surface area (Å²) in [6.45, 7) is 6.32. The zero-order valence-electron chi connectivity index (χ0n) is 14.0. The normalized spacial score (nSPS) is 12.7. The molecule has 0 saturated carbocycles. The predicted molar refractivity (Wildman–Crippen MR) is 92.9 cm³/mol. The minimum Gasteiger partial charge on any atom is -0.489 e. The SMILES string of the molecule is CN=C(NCCn1cccn1)NCC(C)Oc1cccc(C)c1. The van der Waals surface area contributed by atoms with Crippen LogP contribution in [0.2, 0.25) is 0 Å². The Morgan fingerprint density at radius 2 is 2.22 bits per heavy atom. The van der Waals surface area contributed by atoms with Crippen molar-refractivity contribution in [1.82, 2.24) is 20.4 Å². The molecule has 1 unspecified atom stereocenters. The van der Waals surface area contributed by atoms with Gasteiger partial charge < -0.3 is 15.4 Å². The van der Waals surface area contributed by atoms with E-state index in [1.54, 1.807) is 13.2 Å². The Bertz CT molecular complexity index is 609. The molecule has 0 aliphatic rings. The van der Waals surface area contributed by atoms with Crippen LogP contribution in [0.25, 0.3) is 0 Å². The van der Waals surface area contributed by atoms with Gasteiger partial charge in [0.25, 0.3) is 0 Å². The van der Waals surface area contributed by atoms with E-state index >= 15 is 0 Å². The third-order valence-electron chi connectivity index (χ3n) is 3.30. The molecular weight excluding hydrogens is 290 g/mol. The first-order chi connectivity index (χ1) is 11.2. The van der Waals surface area contributed by atoms with Crippen LogP contribution in [-0.2, 0) is 6.54 Å². The van der Waals surface area contributed by atoms with E-state index in [1.807, 2.05) is 42.1 Å². The number of aryl methyl sites for hydroxylation is 1. The molecule has 0 bridgehead atoms. The van der Waals surface area contributed by atoms with Gasteiger partial charge in [0.05, 0.1) is 13.1 Å². The molecule has 6 heteroatoms. The number of aromatic nitrogens is 2. The molecule has 0 fully saturated rings. The summed E-state index contributed by atoms with van der Waals surface area (Å²) >= 11 is 0. The summed E-state index contributed by atoms with van der Waals surface area (Å²) in [5.74, 6) is 1.65. The van der Waals surface area contributed by atoms with Gasteiger partial charge in [-0.2, -0.15) is 5.10 Å². The van der Waals surface area contributed by atoms with Crippen LogP contribution in [0.5, 0.6) is 5.75 Å². The van der Waals surface area contributed by atoms with Crippen LogP contribution < -0.4 is 15.4 Å². The molecule has 1 aromatic heterocycles. The Balaban J connectivity index is 1.70. The van der Waals surface area contributed by atoms with Crippen molar-refractivity contribution in [2.45, 2.75) is 26.5 Å². The molecule has 2 aromatic rings. The van der Waals surface area contributed by atoms with E-state index in [4.69, 9.17) is 4.74 Å². The molecule has 0 spiro atoms. The molecule has 0 aliphatic heterocycles. The smallest absolute Gasteiger partial charge is 0.191 e. The van der Waals surface area contributed by atoms with Crippen molar-refractivity contribution in [3.63, 3.8) is 0 Å². The molecule has 0 radical (unpaired) electrons. The first-order valence-corrected chi connectivity index (χ1v) is 7.82. The third-order valence-corrected chi connectivity index (χ3v) is 3.30. The average molecular weight is 315 g/mol. The van der Waals surface area contributed by atoms with Crippen LogP contribution >= 0.6 is 0 Å². The Morgan fingerprint density at radius 3 is 2.91 bits per heavy atom. The van der Waals surface area contributed by atoms with Crippen LogP contribution in [0.15, 0.2) is 47.7 Å². The van der Waals surface area contributed by atoms with Crippen molar-refractivity contribution in [2.75, 3.05) is 20.1 Å². The lowest BCUT2D eigenvalue weighted by atomic mass is 10.2. The minimum atomic E-state index is 0.0430. The van der Waals surface area contributed by atoms with Gasteiger partial charge in [-0.1, -0.05) is 12.1 Å². The van der Waals surface area contributed by atoms with E-state index in [9.17, 15) is 0 Å². The number of ether oxygens (including phenoxy) is 1. The Kier molecular flexibility index (Phi) is 6.47. The average Bonchev–Trinajstić information content (AvgIpc) is 3.04. The van der Waals surface area contributed by atoms with E-state index in [1.165, 1.54) is 5.56 Å². The zero-order chi connectivity index (χ0) is 16.5. The monoisotopic (exact) mass is 315 g/mol. The first-order valence-electron chi connectivity index (χ1n) is 7.82. The predicted octanol–water partition coefficient (Wildman–Crippen LogP) is 1.82. The summed E-state index contributed by atoms with van der Waals surface area (Å²) in [6, 6.07) is 9.98. The lowest BCUT2D eigenvalue weighted by molar-refractivity contribution is 0.223. The van der Waals surface area contributed by atoms with Gasteiger partial charge in [-0.15, -0.1) is 0 Å². The van der Waals surface area contributed by atoms with E-state index in [2.05, 4.69) is 33.7 Å². The van der Waals surface area contributed by atoms with Crippen LogP contribution in [0.1, 0.15) is 12.5 Å². The van der Waals surface area contributed by atoms with Gasteiger partial charge in [-0.3, -0.25) is 9.67 Å². The number of nitrogens with one attached hydrogen (secondary N) is 2. The highest BCUT2D eigenvalue weighted by Gasteiger charge is 2.05. The van der Waals surface area contributed by atoms with Crippen molar-refractivity contribution in [3.05, 3.63) is 48.3 Å². The zero-order valence-corrected chi connectivity index (χ0v) is 14.0. The fraction of sp³-hybridized carbons (Fsp3) is 0.412. The Labute approximate surface area is 137 Å². The number of guanidine groups is 1. The molecule has 124 valence electrons. The second-order valence-electron chi connectivity index (χ2n) is 5.39. The van der Waals surface area contributed by atoms with Crippen LogP contribution in [0.3, 0.4) is 0 Å². The number of hydrogen-bond acceptors (Lipinski definition) is 3. The van der Waals surface area contributed by atoms with Gasteiger partial charge in [-0.25, -0.2) is 0 Å². The molecule has 0 saturated heterocycles. The third kappa shape index (κ3) is 6.02. The highest BCUT2D eigenvalue weighted by atomic mass is 16.5. The standard InChI is InChI=1S/C17H25N5O/c1-14-6-4-7-16(12-14)23-15(2)13-20-17(18-3)19-9-11-22-10-5-8-21-22/h4-8,10,12,15H,9,11,13H2,1-3H3,(H2,18,19,20). The number of nitrogens with zero attached hydrogens (tertiary/aromatic N) is 3. The van der Waals surface area contributed by atoms with E-state index in [-0.39, 0.29) is 6.10 Å². The lowest BCUT2D eigenvalue weighted by Crippen LogP contribution is -2.42. The molecule has 23 heavy (non-hydrogen) atoms. The van der Waals surface area contributed by atoms with Crippen LogP contribution in [0.4, 0.5) is 0 Å². The fourth-order valence-corrected chi connectivity index (χ4v) is 2.15. The summed E-state index contributed by atoms with van der Waals surface area (Å²) in [4.78, 5) is 4.21. The summed E-state index contributed by atoms with van der Waals surface area (Å²) < 4.78 is 7.77. The second-order valence-corrected chi connectivity index (χ2v) is 5.39. The van der Waals surface area contributed by atoms with Crippen molar-refractivity contribution < 1.29 is 4.74 Å². The molecule has 1 heterocycles. The molecule has 1 atom stereocenters. The molecule has 1 aromatic carbocycles. The van der Waals surface area contributed by atoms with Crippen LogP contribution in [0, 0.1) is 6.92 Å². The second kappa shape index (κ2) is 8.82. The van der Waals surface area contributed by atoms with E-state index < -0.39 is 0 Å². The lowest BCUT2D eigenvalue weighted by Gasteiger charge is -2.18. The Hall–Kier alpha value is -2.50. The van der Waals surface area contributed by atoms with Gasteiger partial charge in [0.15, 0.2) is 5.96 Å². The number of benzene rings is 1. The van der Waals surface area contributed by atoms with Gasteiger partial charge in [0, 0.05) is 26.0 Å². The topological polar surface area (TPSA) is 63.5 Å². The van der Waals surface area contributed by atoms with E-state index in [0.29, 0.717) is 6.54 Å². The van der Waals surface area contributed by atoms with Crippen molar-refractivity contribution in [1.29, 1.82) is 0 Å². The quantitative estimate of drug-likeness (QED) is 0.604. The molecule has 2 N–H and O–H groups in total. The summed E-state index contributed by atoms with van der Waals surface area (Å²) in [6.07, 6.45) is 3.76. The van der Waals surface area contributed by atoms with Crippen LogP contribution in [-0.4, -0.2) is 42.0 Å². The molecule has 0 amide bonds. The number of hydrogen-bond donors (Lipinski definition) is 2.